The summed E-state index contributed by atoms with van der Waals surface area (Å²) in [4.78, 5) is 8.71. The second-order valence-electron chi connectivity index (χ2n) is 3.93. The Morgan fingerprint density at radius 2 is 2.08 bits per heavy atom. The van der Waals surface area contributed by atoms with Crippen LogP contribution in [0, 0.1) is 13.8 Å². The normalized spacial score (nSPS) is 18.7. The fourth-order valence-corrected chi connectivity index (χ4v) is 1.70. The van der Waals surface area contributed by atoms with Crippen LogP contribution < -0.4 is 5.73 Å². The molecule has 3 nitrogen and oxygen atoms in total. The number of rotatable bonds is 2. The molecule has 0 amide bonds. The van der Waals surface area contributed by atoms with E-state index in [2.05, 4.69) is 16.0 Å². The zero-order valence-corrected chi connectivity index (χ0v) is 8.17. The van der Waals surface area contributed by atoms with Gasteiger partial charge in [0.1, 0.15) is 5.82 Å². The Morgan fingerprint density at radius 1 is 1.38 bits per heavy atom. The van der Waals surface area contributed by atoms with Crippen molar-refractivity contribution in [2.75, 3.05) is 6.54 Å². The maximum atomic E-state index is 5.74. The molecular weight excluding hydrogens is 162 g/mol. The molecule has 13 heavy (non-hydrogen) atoms. The summed E-state index contributed by atoms with van der Waals surface area (Å²) in [6.07, 6.45) is 2.36. The van der Waals surface area contributed by atoms with Crippen molar-refractivity contribution >= 4 is 0 Å². The smallest absolute Gasteiger partial charge is 0.125 e. The Labute approximate surface area is 78.4 Å². The van der Waals surface area contributed by atoms with Crippen LogP contribution in [0.15, 0.2) is 6.07 Å². The van der Waals surface area contributed by atoms with Crippen molar-refractivity contribution in [1.82, 2.24) is 9.97 Å². The summed E-state index contributed by atoms with van der Waals surface area (Å²) in [7, 11) is 0. The molecule has 1 aromatic rings. The van der Waals surface area contributed by atoms with Crippen LogP contribution in [0.1, 0.15) is 30.1 Å². The largest absolute Gasteiger partial charge is 0.330 e. The van der Waals surface area contributed by atoms with Gasteiger partial charge in [-0.3, -0.25) is 0 Å². The molecule has 0 radical (unpaired) electrons. The third-order valence-electron chi connectivity index (χ3n) is 2.75. The van der Waals surface area contributed by atoms with Crippen molar-refractivity contribution < 1.29 is 0 Å². The molecule has 2 N–H and O–H groups in total. The van der Waals surface area contributed by atoms with Gasteiger partial charge in [0.25, 0.3) is 0 Å². The first-order chi connectivity index (χ1) is 6.16. The maximum absolute atomic E-state index is 5.74. The summed E-state index contributed by atoms with van der Waals surface area (Å²) in [6.45, 7) is 4.65. The topological polar surface area (TPSA) is 51.8 Å². The summed E-state index contributed by atoms with van der Waals surface area (Å²) in [5.41, 5.74) is 8.12. The number of hydrogen-bond donors (Lipinski definition) is 1. The van der Waals surface area contributed by atoms with E-state index in [-0.39, 0.29) is 5.41 Å². The van der Waals surface area contributed by atoms with Crippen molar-refractivity contribution in [3.05, 3.63) is 23.3 Å². The van der Waals surface area contributed by atoms with Crippen LogP contribution in [-0.4, -0.2) is 16.5 Å². The van der Waals surface area contributed by atoms with Crippen molar-refractivity contribution in [1.29, 1.82) is 0 Å². The van der Waals surface area contributed by atoms with Crippen molar-refractivity contribution in [2.24, 2.45) is 5.73 Å². The summed E-state index contributed by atoms with van der Waals surface area (Å²) >= 11 is 0. The highest BCUT2D eigenvalue weighted by molar-refractivity contribution is 5.26. The second-order valence-corrected chi connectivity index (χ2v) is 3.93. The molecule has 2 rings (SSSR count). The van der Waals surface area contributed by atoms with E-state index in [9.17, 15) is 0 Å². The predicted molar refractivity (Wildman–Crippen MR) is 51.5 cm³/mol. The zero-order valence-electron chi connectivity index (χ0n) is 8.17. The monoisotopic (exact) mass is 177 g/mol. The van der Waals surface area contributed by atoms with Gasteiger partial charge in [-0.1, -0.05) is 0 Å². The average molecular weight is 177 g/mol. The average Bonchev–Trinajstić information content (AvgIpc) is 2.82. The van der Waals surface area contributed by atoms with Gasteiger partial charge in [0, 0.05) is 17.7 Å². The Bertz CT molecular complexity index is 309. The quantitative estimate of drug-likeness (QED) is 0.735. The molecule has 0 unspecified atom stereocenters. The highest BCUT2D eigenvalue weighted by Crippen LogP contribution is 2.46. The molecule has 1 aliphatic carbocycles. The van der Waals surface area contributed by atoms with Gasteiger partial charge in [-0.25, -0.2) is 9.97 Å². The molecule has 1 fully saturated rings. The molecule has 3 heteroatoms. The lowest BCUT2D eigenvalue weighted by Gasteiger charge is -2.12. The highest BCUT2D eigenvalue weighted by atomic mass is 14.9. The highest BCUT2D eigenvalue weighted by Gasteiger charge is 2.44. The minimum Gasteiger partial charge on any atom is -0.330 e. The van der Waals surface area contributed by atoms with Gasteiger partial charge in [0.15, 0.2) is 0 Å². The lowest BCUT2D eigenvalue weighted by atomic mass is 10.0. The second kappa shape index (κ2) is 2.77. The van der Waals surface area contributed by atoms with Crippen molar-refractivity contribution in [3.63, 3.8) is 0 Å². The summed E-state index contributed by atoms with van der Waals surface area (Å²) in [6, 6.07) is 2.06. The fourth-order valence-electron chi connectivity index (χ4n) is 1.70. The zero-order chi connectivity index (χ0) is 9.47. The molecule has 1 heterocycles. The SMILES string of the molecule is Cc1cc(C2(CN)CC2)nc(C)n1. The molecule has 0 spiro atoms. The van der Waals surface area contributed by atoms with E-state index < -0.39 is 0 Å². The van der Waals surface area contributed by atoms with E-state index in [1.54, 1.807) is 0 Å². The first-order valence-electron chi connectivity index (χ1n) is 4.69. The minimum absolute atomic E-state index is 0.193. The predicted octanol–water partition coefficient (Wildman–Crippen LogP) is 1.08. The van der Waals surface area contributed by atoms with Crippen LogP contribution in [0.4, 0.5) is 0 Å². The first kappa shape index (κ1) is 8.63. The molecule has 1 aliphatic rings. The van der Waals surface area contributed by atoms with E-state index in [1.807, 2.05) is 13.8 Å². The van der Waals surface area contributed by atoms with E-state index in [0.29, 0.717) is 6.54 Å². The third-order valence-corrected chi connectivity index (χ3v) is 2.75. The van der Waals surface area contributed by atoms with E-state index >= 15 is 0 Å². The molecular formula is C10H15N3. The van der Waals surface area contributed by atoms with E-state index in [4.69, 9.17) is 5.73 Å². The van der Waals surface area contributed by atoms with Crippen LogP contribution in [0.25, 0.3) is 0 Å². The minimum atomic E-state index is 0.193. The molecule has 1 saturated carbocycles. The van der Waals surface area contributed by atoms with Crippen molar-refractivity contribution in [3.8, 4) is 0 Å². The Morgan fingerprint density at radius 3 is 2.54 bits per heavy atom. The summed E-state index contributed by atoms with van der Waals surface area (Å²) < 4.78 is 0. The number of aromatic nitrogens is 2. The number of aryl methyl sites for hydroxylation is 2. The van der Waals surface area contributed by atoms with Crippen LogP contribution >= 0.6 is 0 Å². The molecule has 0 aliphatic heterocycles. The lowest BCUT2D eigenvalue weighted by molar-refractivity contribution is 0.668. The number of hydrogen-bond acceptors (Lipinski definition) is 3. The van der Waals surface area contributed by atoms with Gasteiger partial charge in [0.2, 0.25) is 0 Å². The Balaban J connectivity index is 2.40. The van der Waals surface area contributed by atoms with Gasteiger partial charge >= 0.3 is 0 Å². The molecule has 0 aromatic carbocycles. The maximum Gasteiger partial charge on any atom is 0.125 e. The Hall–Kier alpha value is -0.960. The third kappa shape index (κ3) is 1.44. The van der Waals surface area contributed by atoms with Crippen LogP contribution in [0.5, 0.6) is 0 Å². The van der Waals surface area contributed by atoms with Gasteiger partial charge in [-0.15, -0.1) is 0 Å². The molecule has 1 aromatic heterocycles. The van der Waals surface area contributed by atoms with Crippen LogP contribution in [0.3, 0.4) is 0 Å². The molecule has 70 valence electrons. The van der Waals surface area contributed by atoms with Crippen molar-refractivity contribution in [2.45, 2.75) is 32.1 Å². The van der Waals surface area contributed by atoms with Gasteiger partial charge in [0.05, 0.1) is 5.69 Å². The van der Waals surface area contributed by atoms with E-state index in [1.165, 1.54) is 12.8 Å². The summed E-state index contributed by atoms with van der Waals surface area (Å²) in [5, 5.41) is 0. The fraction of sp³-hybridized carbons (Fsp3) is 0.600. The van der Waals surface area contributed by atoms with E-state index in [0.717, 1.165) is 17.2 Å². The number of nitrogens with zero attached hydrogens (tertiary/aromatic N) is 2. The van der Waals surface area contributed by atoms with Gasteiger partial charge in [-0.2, -0.15) is 0 Å². The van der Waals surface area contributed by atoms with Crippen LogP contribution in [-0.2, 0) is 5.41 Å². The molecule has 0 atom stereocenters. The standard InChI is InChI=1S/C10H15N3/c1-7-5-9(13-8(2)12-7)10(6-11)3-4-10/h5H,3-4,6,11H2,1-2H3. The molecule has 0 bridgehead atoms. The lowest BCUT2D eigenvalue weighted by Crippen LogP contribution is -2.21. The van der Waals surface area contributed by atoms with Gasteiger partial charge in [-0.05, 0) is 32.8 Å². The molecule has 0 saturated heterocycles. The Kier molecular flexibility index (Phi) is 1.84. The summed E-state index contributed by atoms with van der Waals surface area (Å²) in [5.74, 6) is 0.856. The first-order valence-corrected chi connectivity index (χ1v) is 4.69. The van der Waals surface area contributed by atoms with Gasteiger partial charge < -0.3 is 5.73 Å². The van der Waals surface area contributed by atoms with Crippen LogP contribution in [0.2, 0.25) is 0 Å². The number of nitrogens with two attached hydrogens (primary N) is 1.